The summed E-state index contributed by atoms with van der Waals surface area (Å²) in [7, 11) is 0. The number of rotatable bonds is 5. The highest BCUT2D eigenvalue weighted by molar-refractivity contribution is 5.70. The predicted octanol–water partition coefficient (Wildman–Crippen LogP) is 2.18. The topological polar surface area (TPSA) is 62.5 Å². The third-order valence-corrected chi connectivity index (χ3v) is 3.48. The van der Waals surface area contributed by atoms with E-state index in [1.165, 1.54) is 0 Å². The molecule has 2 unspecified atom stereocenters. The van der Waals surface area contributed by atoms with Crippen molar-refractivity contribution in [3.63, 3.8) is 0 Å². The second-order valence-corrected chi connectivity index (χ2v) is 4.78. The zero-order valence-corrected chi connectivity index (χ0v) is 10.1. The Kier molecular flexibility index (Phi) is 3.84. The van der Waals surface area contributed by atoms with Crippen molar-refractivity contribution in [1.29, 1.82) is 0 Å². The third kappa shape index (κ3) is 3.09. The van der Waals surface area contributed by atoms with Gasteiger partial charge in [-0.15, -0.1) is 0 Å². The Morgan fingerprint density at radius 2 is 2.35 bits per heavy atom. The van der Waals surface area contributed by atoms with Gasteiger partial charge in [-0.3, -0.25) is 4.79 Å². The number of furan rings is 1. The molecule has 4 heteroatoms. The van der Waals surface area contributed by atoms with Crippen molar-refractivity contribution >= 4 is 5.97 Å². The van der Waals surface area contributed by atoms with Crippen LogP contribution in [-0.4, -0.2) is 17.6 Å². The van der Waals surface area contributed by atoms with Gasteiger partial charge in [0.15, 0.2) is 0 Å². The molecule has 0 radical (unpaired) electrons. The summed E-state index contributed by atoms with van der Waals surface area (Å²) in [6.45, 7) is 3.36. The Labute approximate surface area is 101 Å². The van der Waals surface area contributed by atoms with Gasteiger partial charge in [0.1, 0.15) is 11.5 Å². The quantitative estimate of drug-likeness (QED) is 0.824. The van der Waals surface area contributed by atoms with E-state index in [2.05, 4.69) is 5.32 Å². The van der Waals surface area contributed by atoms with Gasteiger partial charge in [0.25, 0.3) is 0 Å². The largest absolute Gasteiger partial charge is 0.481 e. The Hall–Kier alpha value is -1.29. The van der Waals surface area contributed by atoms with E-state index in [9.17, 15) is 4.79 Å². The lowest BCUT2D eigenvalue weighted by molar-refractivity contribution is -0.142. The van der Waals surface area contributed by atoms with Crippen molar-refractivity contribution in [1.82, 2.24) is 5.32 Å². The van der Waals surface area contributed by atoms with Gasteiger partial charge >= 0.3 is 5.97 Å². The maximum absolute atomic E-state index is 11.0. The minimum absolute atomic E-state index is 0.166. The molecular formula is C13H19NO3. The summed E-state index contributed by atoms with van der Waals surface area (Å²) >= 11 is 0. The van der Waals surface area contributed by atoms with Crippen LogP contribution in [-0.2, 0) is 11.3 Å². The Morgan fingerprint density at radius 1 is 1.53 bits per heavy atom. The van der Waals surface area contributed by atoms with Crippen LogP contribution in [0.2, 0.25) is 0 Å². The van der Waals surface area contributed by atoms with Crippen molar-refractivity contribution in [2.45, 2.75) is 32.7 Å². The molecule has 2 atom stereocenters. The van der Waals surface area contributed by atoms with Crippen LogP contribution in [0.3, 0.4) is 0 Å². The highest BCUT2D eigenvalue weighted by Crippen LogP contribution is 2.31. The van der Waals surface area contributed by atoms with Crippen LogP contribution in [0.1, 0.15) is 30.8 Å². The summed E-state index contributed by atoms with van der Waals surface area (Å²) in [6, 6.07) is 3.89. The first kappa shape index (κ1) is 12.2. The fraction of sp³-hybridized carbons (Fsp3) is 0.615. The predicted molar refractivity (Wildman–Crippen MR) is 63.6 cm³/mol. The first-order valence-corrected chi connectivity index (χ1v) is 6.15. The fourth-order valence-corrected chi connectivity index (χ4v) is 2.57. The zero-order chi connectivity index (χ0) is 12.3. The van der Waals surface area contributed by atoms with E-state index in [-0.39, 0.29) is 11.8 Å². The Balaban J connectivity index is 1.76. The summed E-state index contributed by atoms with van der Waals surface area (Å²) in [4.78, 5) is 11.0. The number of hydrogen-bond acceptors (Lipinski definition) is 3. The average Bonchev–Trinajstić information content (AvgIpc) is 2.87. The van der Waals surface area contributed by atoms with Crippen LogP contribution in [0.4, 0.5) is 0 Å². The second-order valence-electron chi connectivity index (χ2n) is 4.78. The molecule has 2 N–H and O–H groups in total. The van der Waals surface area contributed by atoms with E-state index < -0.39 is 5.97 Å². The normalized spacial score (nSPS) is 24.1. The molecule has 2 rings (SSSR count). The van der Waals surface area contributed by atoms with Crippen molar-refractivity contribution in [2.75, 3.05) is 6.54 Å². The standard InChI is InChI=1S/C13H19NO3/c1-9-5-6-11(17-9)8-14-7-10-3-2-4-12(10)13(15)16/h5-6,10,12,14H,2-4,7-8H2,1H3,(H,15,16). The molecule has 4 nitrogen and oxygen atoms in total. The first-order chi connectivity index (χ1) is 8.16. The lowest BCUT2D eigenvalue weighted by atomic mass is 9.96. The molecule has 1 fully saturated rings. The summed E-state index contributed by atoms with van der Waals surface area (Å²) in [5.74, 6) is 1.27. The number of nitrogens with one attached hydrogen (secondary N) is 1. The number of carboxylic acid groups (broad SMARTS) is 1. The Morgan fingerprint density at radius 3 is 3.00 bits per heavy atom. The van der Waals surface area contributed by atoms with E-state index in [0.717, 1.165) is 37.3 Å². The van der Waals surface area contributed by atoms with Crippen LogP contribution in [0.25, 0.3) is 0 Å². The minimum atomic E-state index is -0.650. The van der Waals surface area contributed by atoms with E-state index in [1.54, 1.807) is 0 Å². The number of carboxylic acids is 1. The SMILES string of the molecule is Cc1ccc(CNCC2CCCC2C(=O)O)o1. The zero-order valence-electron chi connectivity index (χ0n) is 10.1. The summed E-state index contributed by atoms with van der Waals surface area (Å²) < 4.78 is 5.44. The molecule has 0 spiro atoms. The molecule has 1 aromatic heterocycles. The fourth-order valence-electron chi connectivity index (χ4n) is 2.57. The first-order valence-electron chi connectivity index (χ1n) is 6.15. The molecule has 0 aromatic carbocycles. The van der Waals surface area contributed by atoms with E-state index in [0.29, 0.717) is 6.54 Å². The van der Waals surface area contributed by atoms with E-state index in [4.69, 9.17) is 9.52 Å². The molecule has 1 saturated carbocycles. The lowest BCUT2D eigenvalue weighted by Gasteiger charge is -2.15. The van der Waals surface area contributed by atoms with Crippen molar-refractivity contribution in [3.8, 4) is 0 Å². The second kappa shape index (κ2) is 5.36. The lowest BCUT2D eigenvalue weighted by Crippen LogP contribution is -2.28. The summed E-state index contributed by atoms with van der Waals surface area (Å²) in [5, 5.41) is 12.3. The molecular weight excluding hydrogens is 218 g/mol. The van der Waals surface area contributed by atoms with E-state index >= 15 is 0 Å². The number of aryl methyl sites for hydroxylation is 1. The van der Waals surface area contributed by atoms with Crippen LogP contribution in [0.15, 0.2) is 16.5 Å². The van der Waals surface area contributed by atoms with Gasteiger partial charge in [0.2, 0.25) is 0 Å². The molecule has 94 valence electrons. The number of carbonyl (C=O) groups is 1. The monoisotopic (exact) mass is 237 g/mol. The van der Waals surface area contributed by atoms with Crippen molar-refractivity contribution in [2.24, 2.45) is 11.8 Å². The highest BCUT2D eigenvalue weighted by atomic mass is 16.4. The molecule has 0 saturated heterocycles. The molecule has 0 bridgehead atoms. The van der Waals surface area contributed by atoms with Crippen LogP contribution in [0, 0.1) is 18.8 Å². The molecule has 0 amide bonds. The third-order valence-electron chi connectivity index (χ3n) is 3.48. The smallest absolute Gasteiger partial charge is 0.306 e. The summed E-state index contributed by atoms with van der Waals surface area (Å²) in [5.41, 5.74) is 0. The maximum Gasteiger partial charge on any atom is 0.306 e. The van der Waals surface area contributed by atoms with Crippen molar-refractivity contribution in [3.05, 3.63) is 23.7 Å². The molecule has 1 aliphatic carbocycles. The Bertz CT molecular complexity index is 386. The van der Waals surface area contributed by atoms with E-state index in [1.807, 2.05) is 19.1 Å². The minimum Gasteiger partial charge on any atom is -0.481 e. The average molecular weight is 237 g/mol. The van der Waals surface area contributed by atoms with Gasteiger partial charge in [0.05, 0.1) is 12.5 Å². The number of hydrogen-bond donors (Lipinski definition) is 2. The molecule has 1 heterocycles. The van der Waals surface area contributed by atoms with Gasteiger partial charge in [-0.2, -0.15) is 0 Å². The van der Waals surface area contributed by atoms with Gasteiger partial charge in [-0.05, 0) is 44.4 Å². The number of aliphatic carboxylic acids is 1. The van der Waals surface area contributed by atoms with Crippen LogP contribution >= 0.6 is 0 Å². The van der Waals surface area contributed by atoms with Crippen LogP contribution < -0.4 is 5.32 Å². The van der Waals surface area contributed by atoms with Gasteiger partial charge in [-0.1, -0.05) is 6.42 Å². The van der Waals surface area contributed by atoms with Crippen LogP contribution in [0.5, 0.6) is 0 Å². The van der Waals surface area contributed by atoms with Gasteiger partial charge in [0, 0.05) is 0 Å². The molecule has 1 aromatic rings. The highest BCUT2D eigenvalue weighted by Gasteiger charge is 2.32. The van der Waals surface area contributed by atoms with Gasteiger partial charge < -0.3 is 14.8 Å². The summed E-state index contributed by atoms with van der Waals surface area (Å²) in [6.07, 6.45) is 2.87. The van der Waals surface area contributed by atoms with Crippen molar-refractivity contribution < 1.29 is 14.3 Å². The molecule has 0 aliphatic heterocycles. The molecule has 17 heavy (non-hydrogen) atoms. The molecule has 1 aliphatic rings. The van der Waals surface area contributed by atoms with Gasteiger partial charge in [-0.25, -0.2) is 0 Å². The maximum atomic E-state index is 11.0.